The Morgan fingerprint density at radius 1 is 1.14 bits per heavy atom. The molecular formula is C18H14N2O. The number of hydrogen-bond donors (Lipinski definition) is 0. The number of aromatic nitrogens is 2. The lowest BCUT2D eigenvalue weighted by molar-refractivity contribution is 0.653. The fourth-order valence-electron chi connectivity index (χ4n) is 2.41. The highest BCUT2D eigenvalue weighted by molar-refractivity contribution is 6.08. The van der Waals surface area contributed by atoms with E-state index in [1.807, 2.05) is 31.2 Å². The van der Waals surface area contributed by atoms with E-state index in [9.17, 15) is 0 Å². The van der Waals surface area contributed by atoms with Gasteiger partial charge < -0.3 is 4.42 Å². The molecule has 4 aromatic rings. The fraction of sp³-hybridized carbons (Fsp3) is 0.111. The van der Waals surface area contributed by atoms with Crippen LogP contribution in [0.25, 0.3) is 33.3 Å². The van der Waals surface area contributed by atoms with Crippen molar-refractivity contribution < 1.29 is 11.3 Å². The molecule has 0 N–H and O–H groups in total. The first-order valence-corrected chi connectivity index (χ1v) is 6.53. The molecule has 21 heavy (non-hydrogen) atoms. The summed E-state index contributed by atoms with van der Waals surface area (Å²) in [6.45, 7) is -0.609. The topological polar surface area (TPSA) is 38.9 Å². The summed E-state index contributed by atoms with van der Waals surface area (Å²) in [5.74, 6) is 0. The van der Waals surface area contributed by atoms with E-state index in [1.165, 1.54) is 0 Å². The van der Waals surface area contributed by atoms with Crippen LogP contribution in [0.15, 0.2) is 53.0 Å². The predicted octanol–water partition coefficient (Wildman–Crippen LogP) is 4.66. The number of pyridine rings is 2. The molecule has 0 atom stereocenters. The standard InChI is InChI=1S/C18H14N2O/c1-11-6-9-16(19-10-11)15-5-3-4-13-14-8-7-12(2)20-18(14)21-17(13)15/h3-10H,1-2H3/i1D3,6D,9D. The Labute approximate surface area is 129 Å². The Morgan fingerprint density at radius 2 is 2.10 bits per heavy atom. The Hall–Kier alpha value is -2.68. The minimum Gasteiger partial charge on any atom is -0.437 e. The molecule has 0 bridgehead atoms. The molecule has 0 fully saturated rings. The molecule has 0 aliphatic heterocycles. The van der Waals surface area contributed by atoms with Gasteiger partial charge in [-0.3, -0.25) is 4.98 Å². The van der Waals surface area contributed by atoms with Gasteiger partial charge >= 0.3 is 0 Å². The van der Waals surface area contributed by atoms with Crippen LogP contribution in [0.4, 0.5) is 0 Å². The first-order chi connectivity index (χ1) is 12.3. The Kier molecular flexibility index (Phi) is 1.67. The molecule has 0 spiro atoms. The molecule has 0 aliphatic carbocycles. The summed E-state index contributed by atoms with van der Waals surface area (Å²) in [6.07, 6.45) is 1.15. The Bertz CT molecular complexity index is 1160. The summed E-state index contributed by atoms with van der Waals surface area (Å²) < 4.78 is 44.6. The number of aryl methyl sites for hydroxylation is 2. The molecule has 0 aliphatic rings. The molecule has 4 rings (SSSR count). The number of para-hydroxylation sites is 1. The minimum atomic E-state index is -2.48. The summed E-state index contributed by atoms with van der Waals surface area (Å²) in [6, 6.07) is 8.68. The second-order valence-electron chi connectivity index (χ2n) is 4.86. The molecule has 102 valence electrons. The van der Waals surface area contributed by atoms with Crippen molar-refractivity contribution in [1.29, 1.82) is 0 Å². The fourth-order valence-corrected chi connectivity index (χ4v) is 2.41. The maximum atomic E-state index is 8.24. The molecular weight excluding hydrogens is 260 g/mol. The van der Waals surface area contributed by atoms with E-state index in [1.54, 1.807) is 6.07 Å². The highest BCUT2D eigenvalue weighted by atomic mass is 16.3. The third-order valence-corrected chi connectivity index (χ3v) is 3.40. The largest absolute Gasteiger partial charge is 0.437 e. The van der Waals surface area contributed by atoms with Gasteiger partial charge in [0, 0.05) is 32.3 Å². The van der Waals surface area contributed by atoms with E-state index in [4.69, 9.17) is 11.3 Å². The Morgan fingerprint density at radius 3 is 3.00 bits per heavy atom. The zero-order chi connectivity index (χ0) is 18.6. The number of hydrogen-bond acceptors (Lipinski definition) is 3. The molecule has 3 heteroatoms. The van der Waals surface area contributed by atoms with Gasteiger partial charge in [0.15, 0.2) is 0 Å². The second-order valence-corrected chi connectivity index (χ2v) is 4.86. The molecule has 3 heterocycles. The van der Waals surface area contributed by atoms with Crippen LogP contribution in [-0.2, 0) is 0 Å². The number of fused-ring (bicyclic) bond motifs is 3. The molecule has 0 amide bonds. The van der Waals surface area contributed by atoms with Gasteiger partial charge in [0.25, 0.3) is 0 Å². The van der Waals surface area contributed by atoms with Crippen LogP contribution in [0.3, 0.4) is 0 Å². The smallest absolute Gasteiger partial charge is 0.227 e. The van der Waals surface area contributed by atoms with Gasteiger partial charge in [-0.1, -0.05) is 18.2 Å². The average molecular weight is 279 g/mol. The highest BCUT2D eigenvalue weighted by Gasteiger charge is 2.13. The van der Waals surface area contributed by atoms with Crippen LogP contribution in [0.2, 0.25) is 0 Å². The van der Waals surface area contributed by atoms with Crippen molar-refractivity contribution in [3.63, 3.8) is 0 Å². The van der Waals surface area contributed by atoms with E-state index in [-0.39, 0.29) is 23.3 Å². The van der Waals surface area contributed by atoms with Crippen LogP contribution in [-0.4, -0.2) is 9.97 Å². The Balaban J connectivity index is 2.01. The molecule has 3 nitrogen and oxygen atoms in total. The van der Waals surface area contributed by atoms with Gasteiger partial charge in [-0.2, -0.15) is 0 Å². The van der Waals surface area contributed by atoms with Crippen molar-refractivity contribution in [3.8, 4) is 11.3 Å². The summed E-state index contributed by atoms with van der Waals surface area (Å²) >= 11 is 0. The van der Waals surface area contributed by atoms with E-state index in [0.717, 1.165) is 22.7 Å². The molecule has 0 radical (unpaired) electrons. The zero-order valence-corrected chi connectivity index (χ0v) is 11.3. The van der Waals surface area contributed by atoms with Crippen LogP contribution in [0.5, 0.6) is 0 Å². The maximum Gasteiger partial charge on any atom is 0.227 e. The zero-order valence-electron chi connectivity index (χ0n) is 16.3. The van der Waals surface area contributed by atoms with Gasteiger partial charge in [0.2, 0.25) is 5.71 Å². The molecule has 3 aromatic heterocycles. The number of rotatable bonds is 1. The summed E-state index contributed by atoms with van der Waals surface area (Å²) in [7, 11) is 0. The molecule has 0 saturated carbocycles. The van der Waals surface area contributed by atoms with Gasteiger partial charge in [0.05, 0.1) is 8.44 Å². The van der Waals surface area contributed by atoms with Crippen LogP contribution < -0.4 is 0 Å². The van der Waals surface area contributed by atoms with Crippen molar-refractivity contribution in [2.75, 3.05) is 0 Å². The summed E-state index contributed by atoms with van der Waals surface area (Å²) in [4.78, 5) is 8.55. The number of nitrogens with zero attached hydrogens (tertiary/aromatic N) is 2. The lowest BCUT2D eigenvalue weighted by atomic mass is 10.1. The third-order valence-electron chi connectivity index (χ3n) is 3.40. The van der Waals surface area contributed by atoms with E-state index in [0.29, 0.717) is 16.9 Å². The monoisotopic (exact) mass is 279 g/mol. The number of benzene rings is 1. The molecule has 0 unspecified atom stereocenters. The van der Waals surface area contributed by atoms with E-state index >= 15 is 0 Å². The summed E-state index contributed by atoms with van der Waals surface area (Å²) in [5, 5.41) is 1.68. The lowest BCUT2D eigenvalue weighted by Gasteiger charge is -2.01. The molecule has 1 aromatic carbocycles. The third kappa shape index (κ3) is 1.89. The van der Waals surface area contributed by atoms with E-state index in [2.05, 4.69) is 9.97 Å². The van der Waals surface area contributed by atoms with Crippen LogP contribution in [0, 0.1) is 13.8 Å². The van der Waals surface area contributed by atoms with Crippen LogP contribution in [0.1, 0.15) is 18.1 Å². The van der Waals surface area contributed by atoms with Crippen molar-refractivity contribution in [2.24, 2.45) is 0 Å². The van der Waals surface area contributed by atoms with Gasteiger partial charge in [-0.25, -0.2) is 4.98 Å². The van der Waals surface area contributed by atoms with Crippen LogP contribution >= 0.6 is 0 Å². The van der Waals surface area contributed by atoms with E-state index < -0.39 is 6.85 Å². The minimum absolute atomic E-state index is 0.212. The SMILES string of the molecule is [2H]c1c(C([2H])([2H])[2H])cnc(-c2cccc3c2oc2nc(C)ccc23)c1[2H]. The predicted molar refractivity (Wildman–Crippen MR) is 84.2 cm³/mol. The average Bonchev–Trinajstić information content (AvgIpc) is 2.93. The van der Waals surface area contributed by atoms with Crippen molar-refractivity contribution in [2.45, 2.75) is 13.8 Å². The number of furan rings is 1. The highest BCUT2D eigenvalue weighted by Crippen LogP contribution is 2.34. The van der Waals surface area contributed by atoms with Crippen molar-refractivity contribution >= 4 is 22.1 Å². The lowest BCUT2D eigenvalue weighted by Crippen LogP contribution is -1.84. The molecule has 0 saturated heterocycles. The first-order valence-electron chi connectivity index (χ1n) is 9.03. The van der Waals surface area contributed by atoms with Gasteiger partial charge in [-0.05, 0) is 43.6 Å². The first kappa shape index (κ1) is 7.93. The summed E-state index contributed by atoms with van der Waals surface area (Å²) in [5.41, 5.74) is 2.35. The quantitative estimate of drug-likeness (QED) is 0.508. The van der Waals surface area contributed by atoms with Crippen molar-refractivity contribution in [3.05, 3.63) is 59.9 Å². The normalized spacial score (nSPS) is 15.4. The second kappa shape index (κ2) is 4.42. The van der Waals surface area contributed by atoms with Crippen molar-refractivity contribution in [1.82, 2.24) is 9.97 Å². The van der Waals surface area contributed by atoms with Gasteiger partial charge in [0.1, 0.15) is 5.58 Å². The van der Waals surface area contributed by atoms with Gasteiger partial charge in [-0.15, -0.1) is 0 Å². The maximum absolute atomic E-state index is 8.24.